The van der Waals surface area contributed by atoms with E-state index in [-0.39, 0.29) is 43.6 Å². The van der Waals surface area contributed by atoms with Crippen molar-refractivity contribution in [3.05, 3.63) is 63.1 Å². The Labute approximate surface area is 238 Å². The van der Waals surface area contributed by atoms with Gasteiger partial charge in [0.25, 0.3) is 11.8 Å². The zero-order valence-corrected chi connectivity index (χ0v) is 22.9. The number of aromatic nitrogens is 1. The van der Waals surface area contributed by atoms with Gasteiger partial charge in [0.1, 0.15) is 17.2 Å². The predicted molar refractivity (Wildman–Crippen MR) is 137 cm³/mol. The lowest BCUT2D eigenvalue weighted by Gasteiger charge is -2.34. The molecule has 1 saturated heterocycles. The molecule has 13 nitrogen and oxygen atoms in total. The Morgan fingerprint density at radius 3 is 2.67 bits per heavy atom. The maximum Gasteiger partial charge on any atom is 0.511 e. The van der Waals surface area contributed by atoms with E-state index in [9.17, 15) is 32.8 Å². The summed E-state index contributed by atoms with van der Waals surface area (Å²) in [5, 5.41) is 2.39. The van der Waals surface area contributed by atoms with E-state index in [1.54, 1.807) is 6.92 Å². The minimum atomic E-state index is -1.31. The molecule has 1 aromatic heterocycles. The molecule has 0 bridgehead atoms. The molecule has 2 atom stereocenters. The smallest absolute Gasteiger partial charge is 0.463 e. The summed E-state index contributed by atoms with van der Waals surface area (Å²) in [6.45, 7) is 2.16. The summed E-state index contributed by atoms with van der Waals surface area (Å²) >= 11 is 0. The van der Waals surface area contributed by atoms with Crippen molar-refractivity contribution in [3.63, 3.8) is 0 Å². The zero-order chi connectivity index (χ0) is 30.4. The number of unbranched alkanes of at least 4 members (excludes halogenated alkanes) is 1. The molecule has 0 unspecified atom stereocenters. The number of carbonyl (C=O) groups excluding carboxylic acids is 4. The van der Waals surface area contributed by atoms with E-state index in [1.807, 2.05) is 6.92 Å². The lowest BCUT2D eigenvalue weighted by atomic mass is 10.1. The number of nitrogens with one attached hydrogen (secondary N) is 1. The van der Waals surface area contributed by atoms with Crippen LogP contribution in [0.15, 0.2) is 29.2 Å². The first-order valence-corrected chi connectivity index (χ1v) is 13.1. The summed E-state index contributed by atoms with van der Waals surface area (Å²) in [7, 11) is 0. The number of amides is 2. The first kappa shape index (κ1) is 30.4. The van der Waals surface area contributed by atoms with Gasteiger partial charge in [-0.05, 0) is 19.4 Å². The molecule has 0 radical (unpaired) electrons. The monoisotopic (exact) mass is 593 g/mol. The number of esters is 1. The van der Waals surface area contributed by atoms with Gasteiger partial charge in [0.15, 0.2) is 18.5 Å². The quantitative estimate of drug-likeness (QED) is 0.233. The highest BCUT2D eigenvalue weighted by Gasteiger charge is 2.43. The standard InChI is InChI=1S/C27H29F2N3O10/c1-3-4-7-38-21(33)13-40-27(37)42-14-41-24-22-26(36)32-15(2)12-39-20(32)11-31(22)10-18(23(24)34)25(35)30-9-16-5-6-17(28)8-19(16)29/h5-6,8,10,15,20H,3-4,7,9,11-14H2,1-2H3,(H,30,35)/t15-,20+/m0/s1. The molecule has 0 aliphatic carbocycles. The maximum atomic E-state index is 14.0. The number of carbonyl (C=O) groups is 4. The van der Waals surface area contributed by atoms with E-state index < -0.39 is 71.9 Å². The van der Waals surface area contributed by atoms with Gasteiger partial charge in [0, 0.05) is 24.4 Å². The van der Waals surface area contributed by atoms with Crippen LogP contribution in [0.1, 0.15) is 53.1 Å². The third kappa shape index (κ3) is 6.84. The molecular weight excluding hydrogens is 564 g/mol. The molecule has 15 heteroatoms. The average Bonchev–Trinajstić information content (AvgIpc) is 3.33. The number of pyridine rings is 1. The molecule has 1 aromatic carbocycles. The van der Waals surface area contributed by atoms with Crippen molar-refractivity contribution in [1.82, 2.24) is 14.8 Å². The first-order valence-electron chi connectivity index (χ1n) is 13.1. The van der Waals surface area contributed by atoms with E-state index in [4.69, 9.17) is 18.9 Å². The second kappa shape index (κ2) is 13.4. The highest BCUT2D eigenvalue weighted by molar-refractivity contribution is 5.99. The van der Waals surface area contributed by atoms with Crippen molar-refractivity contribution in [1.29, 1.82) is 0 Å². The number of benzene rings is 1. The van der Waals surface area contributed by atoms with E-state index in [2.05, 4.69) is 10.1 Å². The van der Waals surface area contributed by atoms with Crippen LogP contribution in [0.5, 0.6) is 5.75 Å². The summed E-state index contributed by atoms with van der Waals surface area (Å²) in [5.74, 6) is -4.59. The highest BCUT2D eigenvalue weighted by atomic mass is 19.1. The second-order valence-electron chi connectivity index (χ2n) is 9.49. The number of hydrogen-bond acceptors (Lipinski definition) is 10. The molecule has 4 rings (SSSR count). The fourth-order valence-corrected chi connectivity index (χ4v) is 4.36. The molecule has 2 amide bonds. The van der Waals surface area contributed by atoms with Crippen LogP contribution in [-0.4, -0.2) is 72.3 Å². The second-order valence-corrected chi connectivity index (χ2v) is 9.49. The van der Waals surface area contributed by atoms with Crippen LogP contribution < -0.4 is 15.5 Å². The lowest BCUT2D eigenvalue weighted by Crippen LogP contribution is -2.49. The van der Waals surface area contributed by atoms with E-state index in [0.29, 0.717) is 12.5 Å². The van der Waals surface area contributed by atoms with Gasteiger partial charge in [-0.3, -0.25) is 14.4 Å². The number of ether oxygens (including phenoxy) is 5. The number of nitrogens with zero attached hydrogens (tertiary/aromatic N) is 2. The van der Waals surface area contributed by atoms with Gasteiger partial charge in [0.05, 0.1) is 25.8 Å². The summed E-state index contributed by atoms with van der Waals surface area (Å²) in [4.78, 5) is 64.7. The Morgan fingerprint density at radius 1 is 1.14 bits per heavy atom. The Kier molecular flexibility index (Phi) is 9.72. The third-order valence-electron chi connectivity index (χ3n) is 6.49. The van der Waals surface area contributed by atoms with E-state index >= 15 is 0 Å². The maximum absolute atomic E-state index is 14.0. The molecule has 42 heavy (non-hydrogen) atoms. The normalized spacial score (nSPS) is 17.2. The van der Waals surface area contributed by atoms with Crippen LogP contribution in [0, 0.1) is 11.6 Å². The van der Waals surface area contributed by atoms with Gasteiger partial charge in [-0.25, -0.2) is 18.4 Å². The largest absolute Gasteiger partial charge is 0.511 e. The highest BCUT2D eigenvalue weighted by Crippen LogP contribution is 2.30. The van der Waals surface area contributed by atoms with Crippen LogP contribution in [0.3, 0.4) is 0 Å². The SMILES string of the molecule is CCCCOC(=O)COC(=O)OCOc1c2n(cc(C(=O)NCc3ccc(F)cc3F)c1=O)C[C@H]1OC[C@H](C)N1C2=O. The fourth-order valence-electron chi connectivity index (χ4n) is 4.36. The van der Waals surface area contributed by atoms with Gasteiger partial charge in [-0.1, -0.05) is 19.4 Å². The molecule has 226 valence electrons. The Balaban J connectivity index is 1.51. The Hall–Kier alpha value is -4.53. The minimum Gasteiger partial charge on any atom is -0.463 e. The van der Waals surface area contributed by atoms with Crippen molar-refractivity contribution in [2.24, 2.45) is 0 Å². The molecule has 0 spiro atoms. The number of rotatable bonds is 11. The summed E-state index contributed by atoms with van der Waals surface area (Å²) in [5.41, 5.74) is -1.69. The van der Waals surface area contributed by atoms with Gasteiger partial charge >= 0.3 is 12.1 Å². The summed E-state index contributed by atoms with van der Waals surface area (Å²) < 4.78 is 53.9. The van der Waals surface area contributed by atoms with Crippen LogP contribution in [-0.2, 0) is 36.8 Å². The lowest BCUT2D eigenvalue weighted by molar-refractivity contribution is -0.148. The van der Waals surface area contributed by atoms with Crippen molar-refractivity contribution in [3.8, 4) is 5.75 Å². The molecule has 3 heterocycles. The number of halogens is 2. The molecule has 1 fully saturated rings. The van der Waals surface area contributed by atoms with Crippen LogP contribution >= 0.6 is 0 Å². The Bertz CT molecular complexity index is 1430. The molecule has 2 aromatic rings. The minimum absolute atomic E-state index is 0.0281. The van der Waals surface area contributed by atoms with Gasteiger partial charge in [-0.15, -0.1) is 0 Å². The first-order chi connectivity index (χ1) is 20.1. The van der Waals surface area contributed by atoms with Gasteiger partial charge < -0.3 is 38.5 Å². The van der Waals surface area contributed by atoms with Crippen molar-refractivity contribution in [2.45, 2.75) is 52.0 Å². The molecule has 2 aliphatic heterocycles. The van der Waals surface area contributed by atoms with Crippen LogP contribution in [0.4, 0.5) is 13.6 Å². The molecule has 2 aliphatic rings. The summed E-state index contributed by atoms with van der Waals surface area (Å²) in [6.07, 6.45) is 0.635. The molecular formula is C27H29F2N3O10. The van der Waals surface area contributed by atoms with Crippen LogP contribution in [0.2, 0.25) is 0 Å². The predicted octanol–water partition coefficient (Wildman–Crippen LogP) is 2.09. The van der Waals surface area contributed by atoms with Gasteiger partial charge in [0.2, 0.25) is 18.0 Å². The van der Waals surface area contributed by atoms with Crippen molar-refractivity contribution >= 4 is 23.9 Å². The third-order valence-corrected chi connectivity index (χ3v) is 6.49. The van der Waals surface area contributed by atoms with Crippen LogP contribution in [0.25, 0.3) is 0 Å². The topological polar surface area (TPSA) is 152 Å². The van der Waals surface area contributed by atoms with Gasteiger partial charge in [-0.2, -0.15) is 0 Å². The van der Waals surface area contributed by atoms with Crippen molar-refractivity contribution < 1.29 is 51.6 Å². The Morgan fingerprint density at radius 2 is 1.93 bits per heavy atom. The average molecular weight is 594 g/mol. The van der Waals surface area contributed by atoms with E-state index in [1.165, 1.54) is 9.47 Å². The number of fused-ring (bicyclic) bond motifs is 2. The number of hydrogen-bond donors (Lipinski definition) is 1. The summed E-state index contributed by atoms with van der Waals surface area (Å²) in [6, 6.07) is 2.51. The van der Waals surface area contributed by atoms with E-state index in [0.717, 1.165) is 24.8 Å². The van der Waals surface area contributed by atoms with Crippen molar-refractivity contribution in [2.75, 3.05) is 26.6 Å². The fraction of sp³-hybridized carbons (Fsp3) is 0.444. The molecule has 0 saturated carbocycles. The molecule has 1 N–H and O–H groups in total. The zero-order valence-electron chi connectivity index (χ0n) is 22.9.